The molecule has 0 heterocycles. The number of hydrogen-bond donors (Lipinski definition) is 1. The zero-order valence-corrected chi connectivity index (χ0v) is 32.7. The fraction of sp³-hybridized carbons (Fsp3) is 0.171. The minimum atomic E-state index is -0.728. The van der Waals surface area contributed by atoms with E-state index in [1.54, 1.807) is 13.2 Å². The van der Waals surface area contributed by atoms with Crippen molar-refractivity contribution < 1.29 is 103 Å². The van der Waals surface area contributed by atoms with E-state index in [1.807, 2.05) is 67.6 Å². The molecule has 8 heteroatoms. The van der Waals surface area contributed by atoms with Crippen LogP contribution in [0.2, 0.25) is 0 Å². The summed E-state index contributed by atoms with van der Waals surface area (Å²) >= 11 is 1.82. The predicted molar refractivity (Wildman–Crippen MR) is 200 cm³/mol. The first-order valence-electron chi connectivity index (χ1n) is 15.3. The van der Waals surface area contributed by atoms with E-state index in [-0.39, 0.29) is 88.0 Å². The van der Waals surface area contributed by atoms with Gasteiger partial charge >= 0.3 is 27.0 Å². The predicted octanol–water partition coefficient (Wildman–Crippen LogP) is 10.2. The molecule has 2 unspecified atom stereocenters. The summed E-state index contributed by atoms with van der Waals surface area (Å²) < 4.78 is 5.22. The first kappa shape index (κ1) is 44.5. The number of fused-ring (bicyclic) bond motifs is 2. The maximum atomic E-state index is 9.22. The van der Waals surface area contributed by atoms with E-state index in [0.717, 1.165) is 28.0 Å². The van der Waals surface area contributed by atoms with E-state index in [0.29, 0.717) is 0 Å². The Morgan fingerprint density at radius 2 is 1.39 bits per heavy atom. The summed E-state index contributed by atoms with van der Waals surface area (Å²) in [4.78, 5) is 0. The van der Waals surface area contributed by atoms with E-state index < -0.39 is 11.5 Å². The Morgan fingerprint density at radius 3 is 1.90 bits per heavy atom. The van der Waals surface area contributed by atoms with Crippen molar-refractivity contribution in [3.8, 4) is 16.9 Å². The van der Waals surface area contributed by atoms with Gasteiger partial charge in [-0.3, -0.25) is 0 Å². The topological polar surface area (TPSA) is 53.3 Å². The average Bonchev–Trinajstić information content (AvgIpc) is 3.12. The average molecular weight is 826 g/mol. The third-order valence-corrected chi connectivity index (χ3v) is 9.05. The van der Waals surface area contributed by atoms with Crippen LogP contribution in [0, 0.1) is 101 Å². The maximum absolute atomic E-state index is 9.22. The van der Waals surface area contributed by atoms with Gasteiger partial charge in [0.05, 0.1) is 7.11 Å². The van der Waals surface area contributed by atoms with Crippen molar-refractivity contribution in [1.29, 1.82) is 0 Å². The van der Waals surface area contributed by atoms with Crippen LogP contribution < -0.4 is 10.0 Å². The Balaban J connectivity index is 0.000000312. The Morgan fingerprint density at radius 1 is 0.837 bits per heavy atom. The third kappa shape index (κ3) is 10.2. The van der Waals surface area contributed by atoms with Gasteiger partial charge < -0.3 is 22.5 Å². The van der Waals surface area contributed by atoms with Gasteiger partial charge in [0, 0.05) is 82.1 Å². The SMILES string of the molecule is [Ar].[Ar].[CH2-]C(c1[c-]cc(CO)cc1)(c1ccc(OC)cc1)[C@@H]([NH-])C(C)C.[CH2-]c1ccc2ccccc2c1-c1c(P)ccc2ccccc12.[Cl][Ru]. The molecule has 261 valence electrons. The monoisotopic (exact) mass is 826 g/mol. The van der Waals surface area contributed by atoms with Crippen LogP contribution >= 0.6 is 18.9 Å². The van der Waals surface area contributed by atoms with Gasteiger partial charge in [0.2, 0.25) is 0 Å². The molecule has 0 saturated heterocycles. The van der Waals surface area contributed by atoms with Crippen LogP contribution in [-0.2, 0) is 29.3 Å². The Kier molecular flexibility index (Phi) is 19.1. The Bertz CT molecular complexity index is 1790. The van der Waals surface area contributed by atoms with Gasteiger partial charge in [-0.2, -0.15) is 54.4 Å². The van der Waals surface area contributed by atoms with Gasteiger partial charge in [-0.1, -0.05) is 109 Å². The molecule has 0 saturated carbocycles. The molecule has 0 aliphatic heterocycles. The molecule has 6 aromatic rings. The summed E-state index contributed by atoms with van der Waals surface area (Å²) in [6, 6.07) is 41.7. The molecule has 49 heavy (non-hydrogen) atoms. The summed E-state index contributed by atoms with van der Waals surface area (Å²) in [7, 11) is 9.08. The third-order valence-electron chi connectivity index (χ3n) is 8.57. The van der Waals surface area contributed by atoms with Crippen molar-refractivity contribution in [3.63, 3.8) is 0 Å². The number of nitrogens with one attached hydrogen (secondary N) is 1. The standard InChI is InChI=1S/C21H16P.C20H24NO2.2Ar.ClH.Ru/c1-14-10-11-15-6-2-4-8-17(15)20(14)21-18-9-5-3-7-16(18)12-13-19(21)22;1-14(2)19(21)20(3,16-7-5-15(13-22)6-8-16)17-9-11-18(23-4)12-10-17;;;;/h2-13H,1,22H2;5-7,9-12,14,19,21-22H,3,13H2,1-2,4H3;;;1H;/q-1;-3;;;;+1/p-1/t;19-,20?;;;;/m.0..../s1. The number of aliphatic hydroxyl groups is 1. The zero-order chi connectivity index (χ0) is 34.1. The van der Waals surface area contributed by atoms with Crippen LogP contribution in [-0.4, -0.2) is 18.3 Å². The number of aliphatic hydroxyl groups excluding tert-OH is 1. The van der Waals surface area contributed by atoms with Crippen molar-refractivity contribution in [2.45, 2.75) is 31.9 Å². The van der Waals surface area contributed by atoms with Crippen LogP contribution in [0.5, 0.6) is 5.75 Å². The van der Waals surface area contributed by atoms with Gasteiger partial charge in [0.25, 0.3) is 0 Å². The van der Waals surface area contributed by atoms with Crippen LogP contribution in [0.15, 0.2) is 115 Å². The normalized spacial score (nSPS) is 12.3. The first-order valence-corrected chi connectivity index (χ1v) is 18.1. The summed E-state index contributed by atoms with van der Waals surface area (Å²) in [6.07, 6.45) is 0. The number of rotatable bonds is 7. The minimum absolute atomic E-state index is 0. The molecule has 0 radical (unpaired) electrons. The molecule has 0 aromatic heterocycles. The molecule has 6 aromatic carbocycles. The molecular formula is C41H40Ar2ClNO2PRu-4. The molecule has 0 fully saturated rings. The second kappa shape index (κ2) is 21.1. The number of hydrogen-bond acceptors (Lipinski definition) is 2. The van der Waals surface area contributed by atoms with Gasteiger partial charge in [-0.25, -0.2) is 0 Å². The molecule has 0 aliphatic rings. The fourth-order valence-corrected chi connectivity index (χ4v) is 6.37. The molecule has 3 atom stereocenters. The summed E-state index contributed by atoms with van der Waals surface area (Å²) in [6.45, 7) is 12.8. The van der Waals surface area contributed by atoms with Gasteiger partial charge in [0.1, 0.15) is 5.75 Å². The van der Waals surface area contributed by atoms with Crippen molar-refractivity contribution in [1.82, 2.24) is 0 Å². The van der Waals surface area contributed by atoms with E-state index >= 15 is 0 Å². The van der Waals surface area contributed by atoms with Crippen LogP contribution in [0.3, 0.4) is 0 Å². The van der Waals surface area contributed by atoms with E-state index in [9.17, 15) is 5.11 Å². The van der Waals surface area contributed by atoms with Crippen molar-refractivity contribution in [2.75, 3.05) is 7.11 Å². The molecular weight excluding hydrogens is 786 g/mol. The quantitative estimate of drug-likeness (QED) is 0.0991. The number of benzene rings is 6. The summed E-state index contributed by atoms with van der Waals surface area (Å²) in [5, 5.41) is 15.5. The fourth-order valence-electron chi connectivity index (χ4n) is 5.97. The summed E-state index contributed by atoms with van der Waals surface area (Å²) in [5.41, 5.74) is 14.2. The summed E-state index contributed by atoms with van der Waals surface area (Å²) in [5.74, 6) is 0.919. The number of ether oxygens (including phenoxy) is 1. The molecule has 0 amide bonds. The van der Waals surface area contributed by atoms with Gasteiger partial charge in [0.15, 0.2) is 0 Å². The number of halogens is 1. The van der Waals surface area contributed by atoms with Crippen molar-refractivity contribution in [3.05, 3.63) is 163 Å². The second-order valence-electron chi connectivity index (χ2n) is 11.8. The van der Waals surface area contributed by atoms with Crippen molar-refractivity contribution >= 4 is 45.8 Å². The molecule has 0 aliphatic carbocycles. The first-order chi connectivity index (χ1) is 22.7. The van der Waals surface area contributed by atoms with Crippen LogP contribution in [0.4, 0.5) is 0 Å². The molecule has 6 rings (SSSR count). The Labute approximate surface area is 368 Å². The van der Waals surface area contributed by atoms with E-state index in [4.69, 9.17) is 10.5 Å². The molecule has 0 spiro atoms. The van der Waals surface area contributed by atoms with Crippen LogP contribution in [0.25, 0.3) is 38.4 Å². The zero-order valence-electron chi connectivity index (χ0n) is 27.6. The van der Waals surface area contributed by atoms with Gasteiger partial charge in [-0.15, -0.1) is 31.8 Å². The van der Waals surface area contributed by atoms with E-state index in [1.165, 1.54) is 38.0 Å². The second-order valence-corrected chi connectivity index (χ2v) is 12.4. The van der Waals surface area contributed by atoms with Crippen LogP contribution in [0.1, 0.15) is 36.1 Å². The van der Waals surface area contributed by atoms with E-state index in [2.05, 4.69) is 112 Å². The molecule has 0 bridgehead atoms. The number of methoxy groups -OCH3 is 1. The molecule has 2 N–H and O–H groups in total. The van der Waals surface area contributed by atoms with Crippen molar-refractivity contribution in [2.24, 2.45) is 5.92 Å². The van der Waals surface area contributed by atoms with Gasteiger partial charge in [-0.05, 0) is 33.6 Å². The molecule has 3 nitrogen and oxygen atoms in total. The Hall–Kier alpha value is -0.707.